The van der Waals surface area contributed by atoms with E-state index in [0.717, 1.165) is 0 Å². The van der Waals surface area contributed by atoms with Crippen LogP contribution in [0.3, 0.4) is 0 Å². The third-order valence-corrected chi connectivity index (χ3v) is 6.47. The molecule has 2 rings (SSSR count). The Hall–Kier alpha value is -0.220. The number of phenolic OH excluding ortho intramolecular Hbond substituents is 2. The summed E-state index contributed by atoms with van der Waals surface area (Å²) in [7, 11) is 0. The highest BCUT2D eigenvalue weighted by Crippen LogP contribution is 2.47. The van der Waals surface area contributed by atoms with Gasteiger partial charge in [0.2, 0.25) is 0 Å². The minimum absolute atomic E-state index is 0.0469. The third-order valence-electron chi connectivity index (χ3n) is 3.57. The van der Waals surface area contributed by atoms with Crippen molar-refractivity contribution in [1.82, 2.24) is 0 Å². The molecule has 0 radical (unpaired) electrons. The first-order chi connectivity index (χ1) is 10.6. The van der Waals surface area contributed by atoms with Crippen LogP contribution >= 0.6 is 69.6 Å². The second kappa shape index (κ2) is 6.95. The van der Waals surface area contributed by atoms with Gasteiger partial charge >= 0.3 is 0 Å². The van der Waals surface area contributed by atoms with Crippen molar-refractivity contribution in [3.63, 3.8) is 0 Å². The van der Waals surface area contributed by atoms with Crippen LogP contribution in [0.4, 0.5) is 0 Å². The summed E-state index contributed by atoms with van der Waals surface area (Å²) >= 11 is 36.7. The predicted molar refractivity (Wildman–Crippen MR) is 98.6 cm³/mol. The van der Waals surface area contributed by atoms with Gasteiger partial charge in [0, 0.05) is 17.5 Å². The molecule has 0 aliphatic rings. The van der Waals surface area contributed by atoms with Gasteiger partial charge in [0.05, 0.1) is 30.1 Å². The van der Waals surface area contributed by atoms with Crippen molar-refractivity contribution in [3.8, 4) is 11.5 Å². The van der Waals surface area contributed by atoms with Crippen LogP contribution in [0.15, 0.2) is 0 Å². The van der Waals surface area contributed by atoms with E-state index in [-0.39, 0.29) is 59.2 Å². The standard InChI is InChI=1S/C15H10Cl6O2/c1-4-8(16)12(20)6(14(22)10(4)18)3-7-13(21)9(17)5(2)11(19)15(7)23/h22-23H,3H2,1-2H3. The lowest BCUT2D eigenvalue weighted by atomic mass is 10.00. The van der Waals surface area contributed by atoms with Crippen LogP contribution in [0.25, 0.3) is 0 Å². The van der Waals surface area contributed by atoms with E-state index in [4.69, 9.17) is 69.6 Å². The molecule has 0 saturated carbocycles. The van der Waals surface area contributed by atoms with Gasteiger partial charge < -0.3 is 10.2 Å². The topological polar surface area (TPSA) is 40.5 Å². The van der Waals surface area contributed by atoms with Crippen LogP contribution in [0.5, 0.6) is 11.5 Å². The number of halogens is 6. The maximum absolute atomic E-state index is 10.3. The summed E-state index contributed by atoms with van der Waals surface area (Å²) < 4.78 is 0. The number of hydrogen-bond acceptors (Lipinski definition) is 2. The molecule has 0 aliphatic carbocycles. The van der Waals surface area contributed by atoms with Gasteiger partial charge in [0.25, 0.3) is 0 Å². The molecule has 0 spiro atoms. The summed E-state index contributed by atoms with van der Waals surface area (Å²) in [6.07, 6.45) is -0.0469. The van der Waals surface area contributed by atoms with E-state index in [0.29, 0.717) is 11.1 Å². The fourth-order valence-corrected chi connectivity index (χ4v) is 3.64. The largest absolute Gasteiger partial charge is 0.506 e. The van der Waals surface area contributed by atoms with Crippen molar-refractivity contribution < 1.29 is 10.2 Å². The van der Waals surface area contributed by atoms with Crippen molar-refractivity contribution in [2.45, 2.75) is 20.3 Å². The van der Waals surface area contributed by atoms with E-state index in [2.05, 4.69) is 0 Å². The first-order valence-electron chi connectivity index (χ1n) is 6.29. The SMILES string of the molecule is Cc1c(Cl)c(O)c(Cc2c(O)c(Cl)c(C)c(Cl)c2Cl)c(Cl)c1Cl. The zero-order valence-electron chi connectivity index (χ0n) is 11.9. The highest BCUT2D eigenvalue weighted by atomic mass is 35.5. The lowest BCUT2D eigenvalue weighted by molar-refractivity contribution is 0.463. The van der Waals surface area contributed by atoms with Crippen LogP contribution < -0.4 is 0 Å². The molecular weight excluding hydrogens is 425 g/mol. The first kappa shape index (κ1) is 19.1. The molecule has 0 fully saturated rings. The van der Waals surface area contributed by atoms with Gasteiger partial charge in [-0.1, -0.05) is 69.6 Å². The Morgan fingerprint density at radius 3 is 1.17 bits per heavy atom. The van der Waals surface area contributed by atoms with Crippen molar-refractivity contribution in [3.05, 3.63) is 52.4 Å². The van der Waals surface area contributed by atoms with Crippen molar-refractivity contribution >= 4 is 69.6 Å². The van der Waals surface area contributed by atoms with Crippen molar-refractivity contribution in [1.29, 1.82) is 0 Å². The molecule has 2 aromatic rings. The molecule has 124 valence electrons. The Kier molecular flexibility index (Phi) is 5.78. The van der Waals surface area contributed by atoms with E-state index in [1.54, 1.807) is 13.8 Å². The fraction of sp³-hybridized carbons (Fsp3) is 0.200. The summed E-state index contributed by atoms with van der Waals surface area (Å²) in [4.78, 5) is 0. The summed E-state index contributed by atoms with van der Waals surface area (Å²) in [6, 6.07) is 0. The average molecular weight is 435 g/mol. The van der Waals surface area contributed by atoms with Crippen LogP contribution in [-0.2, 0) is 6.42 Å². The average Bonchev–Trinajstić information content (AvgIpc) is 2.54. The Balaban J connectivity index is 2.71. The van der Waals surface area contributed by atoms with Crippen LogP contribution in [0.1, 0.15) is 22.3 Å². The monoisotopic (exact) mass is 432 g/mol. The lowest BCUT2D eigenvalue weighted by Crippen LogP contribution is -1.98. The summed E-state index contributed by atoms with van der Waals surface area (Å²) in [5.74, 6) is -0.469. The molecule has 0 unspecified atom stereocenters. The van der Waals surface area contributed by atoms with Crippen LogP contribution in [0, 0.1) is 13.8 Å². The Morgan fingerprint density at radius 2 is 0.870 bits per heavy atom. The molecule has 0 heterocycles. The van der Waals surface area contributed by atoms with Gasteiger partial charge in [-0.05, 0) is 25.0 Å². The molecule has 0 aliphatic heterocycles. The van der Waals surface area contributed by atoms with E-state index in [9.17, 15) is 10.2 Å². The molecule has 0 amide bonds. The second-order valence-corrected chi connectivity index (χ2v) is 7.23. The van der Waals surface area contributed by atoms with E-state index >= 15 is 0 Å². The molecule has 23 heavy (non-hydrogen) atoms. The first-order valence-corrected chi connectivity index (χ1v) is 8.56. The van der Waals surface area contributed by atoms with Gasteiger partial charge in [-0.25, -0.2) is 0 Å². The Bertz CT molecular complexity index is 691. The van der Waals surface area contributed by atoms with Gasteiger partial charge in [0.1, 0.15) is 11.5 Å². The zero-order chi connectivity index (χ0) is 17.6. The smallest absolute Gasteiger partial charge is 0.139 e. The minimum atomic E-state index is -0.234. The molecule has 2 nitrogen and oxygen atoms in total. The number of benzene rings is 2. The van der Waals surface area contributed by atoms with Crippen molar-refractivity contribution in [2.24, 2.45) is 0 Å². The molecule has 0 saturated heterocycles. The molecule has 8 heteroatoms. The molecule has 0 bridgehead atoms. The lowest BCUT2D eigenvalue weighted by Gasteiger charge is -2.17. The number of aromatic hydroxyl groups is 2. The van der Waals surface area contributed by atoms with Crippen LogP contribution in [-0.4, -0.2) is 10.2 Å². The van der Waals surface area contributed by atoms with E-state index in [1.807, 2.05) is 0 Å². The maximum Gasteiger partial charge on any atom is 0.139 e. The van der Waals surface area contributed by atoms with E-state index < -0.39 is 0 Å². The quantitative estimate of drug-likeness (QED) is 0.489. The van der Waals surface area contributed by atoms with Gasteiger partial charge in [0.15, 0.2) is 0 Å². The van der Waals surface area contributed by atoms with Crippen LogP contribution in [0.2, 0.25) is 30.1 Å². The fourth-order valence-electron chi connectivity index (χ4n) is 2.11. The molecule has 0 aromatic heterocycles. The number of phenols is 2. The molecular formula is C15H10Cl6O2. The zero-order valence-corrected chi connectivity index (χ0v) is 16.4. The minimum Gasteiger partial charge on any atom is -0.506 e. The summed E-state index contributed by atoms with van der Waals surface area (Å²) in [5, 5.41) is 21.3. The molecule has 2 aromatic carbocycles. The Morgan fingerprint density at radius 1 is 0.565 bits per heavy atom. The van der Waals surface area contributed by atoms with Crippen molar-refractivity contribution in [2.75, 3.05) is 0 Å². The summed E-state index contributed by atoms with van der Waals surface area (Å²) in [5.41, 5.74) is 1.35. The number of rotatable bonds is 2. The van der Waals surface area contributed by atoms with Gasteiger partial charge in [-0.2, -0.15) is 0 Å². The predicted octanol–water partition coefficient (Wildman–Crippen LogP) is 7.23. The molecule has 0 atom stereocenters. The van der Waals surface area contributed by atoms with Gasteiger partial charge in [-0.3, -0.25) is 0 Å². The second-order valence-electron chi connectivity index (χ2n) is 4.96. The number of hydrogen-bond donors (Lipinski definition) is 2. The Labute approximate surface area is 163 Å². The van der Waals surface area contributed by atoms with E-state index in [1.165, 1.54) is 0 Å². The maximum atomic E-state index is 10.3. The third kappa shape index (κ3) is 3.18. The normalized spacial score (nSPS) is 11.1. The highest BCUT2D eigenvalue weighted by Gasteiger charge is 2.24. The molecule has 2 N–H and O–H groups in total. The van der Waals surface area contributed by atoms with Gasteiger partial charge in [-0.15, -0.1) is 0 Å². The summed E-state index contributed by atoms with van der Waals surface area (Å²) in [6.45, 7) is 3.26. The highest BCUT2D eigenvalue weighted by molar-refractivity contribution is 6.46.